The summed E-state index contributed by atoms with van der Waals surface area (Å²) in [6.07, 6.45) is 14.1. The van der Waals surface area contributed by atoms with Gasteiger partial charge in [0, 0.05) is 15.8 Å². The molecule has 0 aliphatic rings. The van der Waals surface area contributed by atoms with E-state index >= 15 is 0 Å². The number of hydrogen-bond donors (Lipinski definition) is 0. The lowest BCUT2D eigenvalue weighted by molar-refractivity contribution is -0.903. The zero-order valence-corrected chi connectivity index (χ0v) is 16.5. The van der Waals surface area contributed by atoms with Crippen LogP contribution in [0.15, 0.2) is 30.3 Å². The van der Waals surface area contributed by atoms with Gasteiger partial charge in [0.15, 0.2) is 0 Å². The standard InChI is InChI=1S/C21H37NSi/c1-22(2,20-21-16-12-11-13-17-21)18-14-9-7-5-3-4-6-8-10-15-19-23/h11-13,16-17H,3-10,14-15,18-20H2,1-2H3/q+1. The SMILES string of the molecule is C[N+](C)(CCCCCCCCCCCC[Si])Cc1ccccc1. The highest BCUT2D eigenvalue weighted by atomic mass is 28.1. The highest BCUT2D eigenvalue weighted by molar-refractivity contribution is 6.08. The van der Waals surface area contributed by atoms with E-state index in [1.54, 1.807) is 0 Å². The van der Waals surface area contributed by atoms with Crippen LogP contribution in [0, 0.1) is 0 Å². The Morgan fingerprint density at radius 1 is 0.696 bits per heavy atom. The fourth-order valence-corrected chi connectivity index (χ4v) is 3.49. The number of benzene rings is 1. The Hall–Kier alpha value is -0.603. The first-order chi connectivity index (χ1) is 11.1. The summed E-state index contributed by atoms with van der Waals surface area (Å²) in [5.41, 5.74) is 1.46. The second-order valence-corrected chi connectivity index (χ2v) is 8.09. The van der Waals surface area contributed by atoms with Crippen molar-refractivity contribution < 1.29 is 4.48 Å². The molecule has 0 fully saturated rings. The molecule has 0 atom stereocenters. The number of rotatable bonds is 14. The molecule has 0 amide bonds. The van der Waals surface area contributed by atoms with Crippen LogP contribution in [-0.4, -0.2) is 35.4 Å². The van der Waals surface area contributed by atoms with Crippen LogP contribution in [0.4, 0.5) is 0 Å². The molecule has 0 saturated carbocycles. The largest absolute Gasteiger partial charge is 0.325 e. The van der Waals surface area contributed by atoms with Crippen LogP contribution in [0.5, 0.6) is 0 Å². The average molecular weight is 332 g/mol. The van der Waals surface area contributed by atoms with Crippen LogP contribution in [0.2, 0.25) is 6.04 Å². The van der Waals surface area contributed by atoms with Crippen molar-refractivity contribution in [2.24, 2.45) is 0 Å². The van der Waals surface area contributed by atoms with Crippen LogP contribution >= 0.6 is 0 Å². The van der Waals surface area contributed by atoms with Gasteiger partial charge in [0.05, 0.1) is 20.6 Å². The fourth-order valence-electron chi connectivity index (χ4n) is 3.24. The fraction of sp³-hybridized carbons (Fsp3) is 0.714. The van der Waals surface area contributed by atoms with Crippen molar-refractivity contribution in [3.8, 4) is 0 Å². The maximum Gasteiger partial charge on any atom is 0.104 e. The molecule has 1 aromatic carbocycles. The topological polar surface area (TPSA) is 0 Å². The van der Waals surface area contributed by atoms with E-state index in [0.29, 0.717) is 0 Å². The second kappa shape index (κ2) is 12.8. The molecule has 0 N–H and O–H groups in total. The van der Waals surface area contributed by atoms with E-state index in [9.17, 15) is 0 Å². The van der Waals surface area contributed by atoms with Gasteiger partial charge in [0.2, 0.25) is 0 Å². The number of nitrogens with zero attached hydrogens (tertiary/aromatic N) is 1. The minimum atomic E-state index is 1.11. The van der Waals surface area contributed by atoms with Gasteiger partial charge in [-0.2, -0.15) is 0 Å². The first-order valence-electron chi connectivity index (χ1n) is 9.64. The molecular weight excluding hydrogens is 294 g/mol. The molecule has 23 heavy (non-hydrogen) atoms. The van der Waals surface area contributed by atoms with Crippen molar-refractivity contribution in [1.82, 2.24) is 0 Å². The Labute approximate surface area is 148 Å². The summed E-state index contributed by atoms with van der Waals surface area (Å²) < 4.78 is 1.11. The van der Waals surface area contributed by atoms with Gasteiger partial charge in [0.25, 0.3) is 0 Å². The van der Waals surface area contributed by atoms with E-state index in [4.69, 9.17) is 0 Å². The molecule has 0 bridgehead atoms. The van der Waals surface area contributed by atoms with Gasteiger partial charge in [-0.3, -0.25) is 0 Å². The Morgan fingerprint density at radius 3 is 1.70 bits per heavy atom. The molecule has 0 aromatic heterocycles. The molecule has 3 radical (unpaired) electrons. The zero-order valence-electron chi connectivity index (χ0n) is 15.5. The summed E-state index contributed by atoms with van der Waals surface area (Å²) in [5, 5.41) is 0. The third-order valence-electron chi connectivity index (χ3n) is 4.64. The molecule has 0 heterocycles. The predicted octanol–water partition coefficient (Wildman–Crippen LogP) is 5.75. The maximum absolute atomic E-state index is 3.54. The Bertz CT molecular complexity index is 375. The normalized spacial score (nSPS) is 11.8. The van der Waals surface area contributed by atoms with Crippen LogP contribution in [0.3, 0.4) is 0 Å². The molecule has 0 saturated heterocycles. The summed E-state index contributed by atoms with van der Waals surface area (Å²) in [5.74, 6) is 0. The van der Waals surface area contributed by atoms with Crippen molar-refractivity contribution in [2.45, 2.75) is 76.8 Å². The summed E-state index contributed by atoms with van der Waals surface area (Å²) in [6, 6.07) is 12.1. The van der Waals surface area contributed by atoms with E-state index in [1.807, 2.05) is 0 Å². The Morgan fingerprint density at radius 2 is 1.17 bits per heavy atom. The van der Waals surface area contributed by atoms with Crippen LogP contribution in [0.1, 0.15) is 69.8 Å². The smallest absolute Gasteiger partial charge is 0.104 e. The van der Waals surface area contributed by atoms with E-state index in [1.165, 1.54) is 82.4 Å². The summed E-state index contributed by atoms with van der Waals surface area (Å²) in [7, 11) is 8.26. The second-order valence-electron chi connectivity index (χ2n) is 7.59. The molecule has 129 valence electrons. The van der Waals surface area contributed by atoms with Crippen molar-refractivity contribution in [3.05, 3.63) is 35.9 Å². The average Bonchev–Trinajstić information content (AvgIpc) is 2.53. The maximum atomic E-state index is 3.54. The van der Waals surface area contributed by atoms with Gasteiger partial charge in [-0.15, -0.1) is 0 Å². The third kappa shape index (κ3) is 11.6. The van der Waals surface area contributed by atoms with Crippen molar-refractivity contribution in [1.29, 1.82) is 0 Å². The van der Waals surface area contributed by atoms with Crippen LogP contribution in [-0.2, 0) is 6.54 Å². The molecule has 0 aliphatic carbocycles. The lowest BCUT2D eigenvalue weighted by Crippen LogP contribution is -2.39. The van der Waals surface area contributed by atoms with Gasteiger partial charge in [-0.1, -0.05) is 87.7 Å². The molecule has 1 aromatic rings. The summed E-state index contributed by atoms with van der Waals surface area (Å²) in [6.45, 7) is 2.44. The molecule has 0 unspecified atom stereocenters. The number of unbranched alkanes of at least 4 members (excludes halogenated alkanes) is 9. The van der Waals surface area contributed by atoms with Gasteiger partial charge < -0.3 is 4.48 Å². The van der Waals surface area contributed by atoms with Gasteiger partial charge >= 0.3 is 0 Å². The van der Waals surface area contributed by atoms with Crippen molar-refractivity contribution >= 4 is 10.2 Å². The van der Waals surface area contributed by atoms with E-state index in [-0.39, 0.29) is 0 Å². The van der Waals surface area contributed by atoms with Crippen molar-refractivity contribution in [3.63, 3.8) is 0 Å². The zero-order chi connectivity index (χ0) is 16.8. The first kappa shape index (κ1) is 20.4. The molecule has 0 aliphatic heterocycles. The molecule has 1 rings (SSSR count). The van der Waals surface area contributed by atoms with Gasteiger partial charge in [0.1, 0.15) is 6.54 Å². The molecular formula is C21H37NSi+. The van der Waals surface area contributed by atoms with Crippen LogP contribution < -0.4 is 0 Å². The lowest BCUT2D eigenvalue weighted by atomic mass is 10.1. The third-order valence-corrected chi connectivity index (χ3v) is 5.00. The van der Waals surface area contributed by atoms with E-state index < -0.39 is 0 Å². The Balaban J connectivity index is 1.95. The first-order valence-corrected chi connectivity index (χ1v) is 10.4. The predicted molar refractivity (Wildman–Crippen MR) is 104 cm³/mol. The highest BCUT2D eigenvalue weighted by Crippen LogP contribution is 2.14. The highest BCUT2D eigenvalue weighted by Gasteiger charge is 2.14. The number of hydrogen-bond acceptors (Lipinski definition) is 0. The Kier molecular flexibility index (Phi) is 11.4. The minimum absolute atomic E-state index is 1.11. The summed E-state index contributed by atoms with van der Waals surface area (Å²) in [4.78, 5) is 0. The number of quaternary nitrogens is 1. The van der Waals surface area contributed by atoms with Crippen LogP contribution in [0.25, 0.3) is 0 Å². The van der Waals surface area contributed by atoms with Gasteiger partial charge in [-0.25, -0.2) is 0 Å². The summed E-state index contributed by atoms with van der Waals surface area (Å²) >= 11 is 0. The molecule has 1 nitrogen and oxygen atoms in total. The monoisotopic (exact) mass is 331 g/mol. The molecule has 2 heteroatoms. The van der Waals surface area contributed by atoms with E-state index in [0.717, 1.165) is 11.0 Å². The van der Waals surface area contributed by atoms with E-state index in [2.05, 4.69) is 54.7 Å². The lowest BCUT2D eigenvalue weighted by Gasteiger charge is -2.30. The van der Waals surface area contributed by atoms with Crippen molar-refractivity contribution in [2.75, 3.05) is 20.6 Å². The minimum Gasteiger partial charge on any atom is -0.325 e. The molecule has 0 spiro atoms. The quantitative estimate of drug-likeness (QED) is 0.231. The van der Waals surface area contributed by atoms with Gasteiger partial charge in [-0.05, 0) is 12.8 Å².